The van der Waals surface area contributed by atoms with E-state index in [1.807, 2.05) is 0 Å². The molecule has 152 valence electrons. The summed E-state index contributed by atoms with van der Waals surface area (Å²) in [6.45, 7) is 5.61. The van der Waals surface area contributed by atoms with Crippen LogP contribution in [0.15, 0.2) is 30.3 Å². The van der Waals surface area contributed by atoms with Crippen LogP contribution in [0.3, 0.4) is 0 Å². The first-order valence-electron chi connectivity index (χ1n) is 10.7. The molecule has 0 aliphatic rings. The molecule has 0 bridgehead atoms. The average Bonchev–Trinajstić information content (AvgIpc) is 2.61. The molecule has 0 aliphatic carbocycles. The number of quaternary nitrogens is 1. The van der Waals surface area contributed by atoms with Crippen molar-refractivity contribution >= 4 is 0 Å². The molecule has 0 heterocycles. The highest BCUT2D eigenvalue weighted by molar-refractivity contribution is 5.13. The Morgan fingerprint density at radius 2 is 1.23 bits per heavy atom. The molecule has 2 nitrogen and oxygen atoms in total. The van der Waals surface area contributed by atoms with Gasteiger partial charge < -0.3 is 22.0 Å². The van der Waals surface area contributed by atoms with Crippen LogP contribution in [0.1, 0.15) is 83.1 Å². The summed E-state index contributed by atoms with van der Waals surface area (Å²) in [6.07, 6.45) is 15.3. The van der Waals surface area contributed by atoms with Crippen molar-refractivity contribution in [2.24, 2.45) is 0 Å². The highest BCUT2D eigenvalue weighted by Crippen LogP contribution is 2.15. The summed E-state index contributed by atoms with van der Waals surface area (Å²) >= 11 is 0. The largest absolute Gasteiger partial charge is 1.00 e. The molecular weight excluding hydrogens is 342 g/mol. The molecule has 0 radical (unpaired) electrons. The van der Waals surface area contributed by atoms with Crippen LogP contribution in [-0.2, 0) is 6.54 Å². The number of rotatable bonds is 16. The van der Waals surface area contributed by atoms with Crippen molar-refractivity contribution < 1.29 is 22.0 Å². The lowest BCUT2D eigenvalue weighted by Crippen LogP contribution is -3.00. The maximum atomic E-state index is 9.44. The zero-order chi connectivity index (χ0) is 18.2. The molecule has 1 atom stereocenters. The van der Waals surface area contributed by atoms with E-state index in [0.717, 1.165) is 17.6 Å². The summed E-state index contributed by atoms with van der Waals surface area (Å²) in [4.78, 5) is 0. The number of aliphatic hydroxyl groups excluding tert-OH is 1. The van der Waals surface area contributed by atoms with Gasteiger partial charge in [0.25, 0.3) is 0 Å². The Balaban J connectivity index is 0.00000625. The number of halogens is 1. The Bertz CT molecular complexity index is 412. The molecule has 1 N–H and O–H groups in total. The maximum absolute atomic E-state index is 9.44. The van der Waals surface area contributed by atoms with Gasteiger partial charge in [0.1, 0.15) is 13.1 Å². The molecule has 1 rings (SSSR count). The number of likely N-dealkylation sites (N-methyl/N-ethyl adjacent to an activating group) is 1. The summed E-state index contributed by atoms with van der Waals surface area (Å²) in [5.74, 6) is 0. The van der Waals surface area contributed by atoms with Gasteiger partial charge in [-0.3, -0.25) is 0 Å². The molecule has 1 aromatic carbocycles. The van der Waals surface area contributed by atoms with Gasteiger partial charge in [0.2, 0.25) is 0 Å². The minimum Gasteiger partial charge on any atom is -1.00 e. The summed E-state index contributed by atoms with van der Waals surface area (Å²) in [6, 6.07) is 10.7. The molecule has 0 aromatic heterocycles. The topological polar surface area (TPSA) is 20.2 Å². The first-order valence-corrected chi connectivity index (χ1v) is 10.7. The third-order valence-corrected chi connectivity index (χ3v) is 5.35. The molecule has 1 unspecified atom stereocenters. The smallest absolute Gasteiger partial charge is 0.104 e. The van der Waals surface area contributed by atoms with Gasteiger partial charge in [-0.1, -0.05) is 95.0 Å². The molecule has 0 saturated carbocycles. The van der Waals surface area contributed by atoms with Crippen LogP contribution in [0.2, 0.25) is 0 Å². The molecular formula is C23H42ClNO. The van der Waals surface area contributed by atoms with Gasteiger partial charge in [-0.05, 0) is 12.8 Å². The third-order valence-electron chi connectivity index (χ3n) is 5.35. The first-order chi connectivity index (χ1) is 12.2. The van der Waals surface area contributed by atoms with Gasteiger partial charge in [0.05, 0.1) is 20.2 Å². The Labute approximate surface area is 169 Å². The van der Waals surface area contributed by atoms with Gasteiger partial charge in [0.15, 0.2) is 0 Å². The maximum Gasteiger partial charge on any atom is 0.104 e. The van der Waals surface area contributed by atoms with E-state index in [0.29, 0.717) is 0 Å². The molecule has 0 fully saturated rings. The second-order valence-electron chi connectivity index (χ2n) is 7.97. The minimum absolute atomic E-state index is 0. The minimum atomic E-state index is 0. The number of hydrogen-bond acceptors (Lipinski definition) is 1. The number of nitrogens with zero attached hydrogens (tertiary/aromatic N) is 1. The van der Waals surface area contributed by atoms with Gasteiger partial charge in [0, 0.05) is 5.56 Å². The number of hydrogen-bond donors (Lipinski definition) is 1. The average molecular weight is 384 g/mol. The van der Waals surface area contributed by atoms with Gasteiger partial charge >= 0.3 is 0 Å². The summed E-state index contributed by atoms with van der Waals surface area (Å²) in [5, 5.41) is 9.44. The van der Waals surface area contributed by atoms with E-state index in [4.69, 9.17) is 0 Å². The Morgan fingerprint density at radius 3 is 1.73 bits per heavy atom. The fraction of sp³-hybridized carbons (Fsp3) is 0.739. The predicted octanol–water partition coefficient (Wildman–Crippen LogP) is 2.94. The summed E-state index contributed by atoms with van der Waals surface area (Å²) in [7, 11) is 2.29. The molecule has 26 heavy (non-hydrogen) atoms. The molecule has 3 heteroatoms. The number of benzene rings is 1. The number of unbranched alkanes of at least 4 members (excludes halogenated alkanes) is 10. The van der Waals surface area contributed by atoms with E-state index in [1.165, 1.54) is 82.7 Å². The van der Waals surface area contributed by atoms with Crippen LogP contribution in [0.25, 0.3) is 0 Å². The van der Waals surface area contributed by atoms with E-state index in [-0.39, 0.29) is 19.0 Å². The van der Waals surface area contributed by atoms with Crippen LogP contribution in [0.5, 0.6) is 0 Å². The third kappa shape index (κ3) is 12.7. The van der Waals surface area contributed by atoms with E-state index >= 15 is 0 Å². The van der Waals surface area contributed by atoms with Crippen molar-refractivity contribution in [2.75, 3.05) is 26.7 Å². The quantitative estimate of drug-likeness (QED) is 0.343. The van der Waals surface area contributed by atoms with Crippen LogP contribution in [0, 0.1) is 0 Å². The highest BCUT2D eigenvalue weighted by atomic mass is 35.5. The van der Waals surface area contributed by atoms with Crippen molar-refractivity contribution in [3.63, 3.8) is 0 Å². The lowest BCUT2D eigenvalue weighted by molar-refractivity contribution is -0.923. The first kappa shape index (κ1) is 25.4. The zero-order valence-corrected chi connectivity index (χ0v) is 18.0. The molecule has 0 amide bonds. The van der Waals surface area contributed by atoms with Crippen molar-refractivity contribution in [3.05, 3.63) is 35.9 Å². The van der Waals surface area contributed by atoms with Crippen molar-refractivity contribution in [3.8, 4) is 0 Å². The molecule has 1 aromatic rings. The van der Waals surface area contributed by atoms with Crippen LogP contribution in [-0.4, -0.2) is 36.3 Å². The Kier molecular flexibility index (Phi) is 16.2. The van der Waals surface area contributed by atoms with Crippen LogP contribution >= 0.6 is 0 Å². The fourth-order valence-corrected chi connectivity index (χ4v) is 3.69. The molecule has 0 saturated heterocycles. The second-order valence-corrected chi connectivity index (χ2v) is 7.97. The molecule has 0 spiro atoms. The van der Waals surface area contributed by atoms with E-state index in [1.54, 1.807) is 0 Å². The Morgan fingerprint density at radius 1 is 0.731 bits per heavy atom. The van der Waals surface area contributed by atoms with Gasteiger partial charge in [-0.15, -0.1) is 0 Å². The summed E-state index contributed by atoms with van der Waals surface area (Å²) < 4.78 is 0.956. The normalized spacial score (nSPS) is 13.2. The molecule has 0 aliphatic heterocycles. The lowest BCUT2D eigenvalue weighted by atomic mass is 10.1. The van der Waals surface area contributed by atoms with Gasteiger partial charge in [-0.2, -0.15) is 0 Å². The van der Waals surface area contributed by atoms with Gasteiger partial charge in [-0.25, -0.2) is 0 Å². The number of aliphatic hydroxyl groups is 1. The van der Waals surface area contributed by atoms with Crippen LogP contribution in [0.4, 0.5) is 0 Å². The lowest BCUT2D eigenvalue weighted by Gasteiger charge is -2.34. The van der Waals surface area contributed by atoms with E-state index < -0.39 is 0 Å². The monoisotopic (exact) mass is 383 g/mol. The predicted molar refractivity (Wildman–Crippen MR) is 110 cm³/mol. The SMILES string of the molecule is CCCCCCCCCCCCC[N+](C)(CCO)Cc1ccccc1.[Cl-]. The standard InChI is InChI=1S/C23H42NO.ClH/c1-3-4-5-6-7-8-9-10-11-12-16-19-24(2,20-21-25)22-23-17-14-13-15-18-23;/h13-15,17-18,25H,3-12,16,19-22H2,1-2H3;1H/q+1;/p-1. The summed E-state index contributed by atoms with van der Waals surface area (Å²) in [5.41, 5.74) is 1.38. The van der Waals surface area contributed by atoms with E-state index in [9.17, 15) is 5.11 Å². The Hall–Kier alpha value is -0.570. The van der Waals surface area contributed by atoms with Crippen molar-refractivity contribution in [1.29, 1.82) is 0 Å². The van der Waals surface area contributed by atoms with Crippen molar-refractivity contribution in [1.82, 2.24) is 0 Å². The van der Waals surface area contributed by atoms with Crippen molar-refractivity contribution in [2.45, 2.75) is 84.1 Å². The van der Waals surface area contributed by atoms with Crippen LogP contribution < -0.4 is 12.4 Å². The fourth-order valence-electron chi connectivity index (χ4n) is 3.69. The van der Waals surface area contributed by atoms with E-state index in [2.05, 4.69) is 44.3 Å². The zero-order valence-electron chi connectivity index (χ0n) is 17.3. The highest BCUT2D eigenvalue weighted by Gasteiger charge is 2.20. The second kappa shape index (κ2) is 16.6.